The minimum atomic E-state index is 0.875. The first kappa shape index (κ1) is 20.7. The summed E-state index contributed by atoms with van der Waals surface area (Å²) in [6, 6.07) is 44.6. The van der Waals surface area contributed by atoms with E-state index in [0.29, 0.717) is 0 Å². The number of hydrogen-bond acceptors (Lipinski definition) is 2. The van der Waals surface area contributed by atoms with Gasteiger partial charge in [0.2, 0.25) is 0 Å². The number of rotatable bonds is 2. The molecule has 3 aromatic heterocycles. The maximum Gasteiger partial charge on any atom is 0.159 e. The zero-order chi connectivity index (χ0) is 25.5. The van der Waals surface area contributed by atoms with E-state index in [9.17, 15) is 0 Å². The molecule has 39 heavy (non-hydrogen) atoms. The predicted molar refractivity (Wildman–Crippen MR) is 161 cm³/mol. The van der Waals surface area contributed by atoms with Crippen LogP contribution in [-0.4, -0.2) is 4.57 Å². The van der Waals surface area contributed by atoms with Gasteiger partial charge in [0, 0.05) is 32.3 Å². The lowest BCUT2D eigenvalue weighted by molar-refractivity contribution is 0.666. The van der Waals surface area contributed by atoms with Gasteiger partial charge >= 0.3 is 0 Å². The molecule has 9 rings (SSSR count). The van der Waals surface area contributed by atoms with Crippen molar-refractivity contribution in [3.05, 3.63) is 127 Å². The van der Waals surface area contributed by atoms with Crippen molar-refractivity contribution < 1.29 is 8.83 Å². The van der Waals surface area contributed by atoms with E-state index in [1.54, 1.807) is 0 Å². The Labute approximate surface area is 223 Å². The van der Waals surface area contributed by atoms with Gasteiger partial charge in [0.25, 0.3) is 0 Å². The highest BCUT2D eigenvalue weighted by atomic mass is 16.3. The van der Waals surface area contributed by atoms with Gasteiger partial charge in [0.05, 0.1) is 16.7 Å². The molecule has 9 aromatic rings. The highest BCUT2D eigenvalue weighted by molar-refractivity contribution is 6.16. The summed E-state index contributed by atoms with van der Waals surface area (Å²) in [5, 5.41) is 6.96. The molecule has 0 spiro atoms. The van der Waals surface area contributed by atoms with E-state index in [2.05, 4.69) is 120 Å². The summed E-state index contributed by atoms with van der Waals surface area (Å²) >= 11 is 0. The Balaban J connectivity index is 1.33. The summed E-state index contributed by atoms with van der Waals surface area (Å²) in [6.45, 7) is 0. The topological polar surface area (TPSA) is 31.2 Å². The quantitative estimate of drug-likeness (QED) is 0.237. The number of furan rings is 2. The standard InChI is InChI=1S/C36H21NO2/c1-4-14-29-24(9-1)25-10-2-5-15-30(25)37(29)31-16-7-13-28-35-23(12-8-18-33(35)39-36(28)31)22-19-20-27-26-11-3-6-17-32(26)38-34(27)21-22/h1-21H. The molecule has 0 aliphatic carbocycles. The van der Waals surface area contributed by atoms with E-state index in [1.165, 1.54) is 21.8 Å². The summed E-state index contributed by atoms with van der Waals surface area (Å²) < 4.78 is 15.2. The molecule has 0 aliphatic rings. The smallest absolute Gasteiger partial charge is 0.159 e. The molecule has 182 valence electrons. The largest absolute Gasteiger partial charge is 0.456 e. The van der Waals surface area contributed by atoms with Crippen molar-refractivity contribution in [3.63, 3.8) is 0 Å². The molecule has 0 saturated heterocycles. The maximum absolute atomic E-state index is 6.66. The van der Waals surface area contributed by atoms with Gasteiger partial charge in [-0.2, -0.15) is 0 Å². The maximum atomic E-state index is 6.66. The first-order chi connectivity index (χ1) is 19.3. The minimum absolute atomic E-state index is 0.875. The van der Waals surface area contributed by atoms with Gasteiger partial charge in [-0.25, -0.2) is 0 Å². The molecule has 3 heteroatoms. The Bertz CT molecular complexity index is 2350. The van der Waals surface area contributed by atoms with Crippen LogP contribution in [0.3, 0.4) is 0 Å². The van der Waals surface area contributed by atoms with Crippen molar-refractivity contribution in [2.45, 2.75) is 0 Å². The van der Waals surface area contributed by atoms with Crippen molar-refractivity contribution in [2.75, 3.05) is 0 Å². The van der Waals surface area contributed by atoms with Crippen LogP contribution in [0.15, 0.2) is 136 Å². The monoisotopic (exact) mass is 499 g/mol. The fourth-order valence-electron chi connectivity index (χ4n) is 6.33. The van der Waals surface area contributed by atoms with Crippen LogP contribution in [-0.2, 0) is 0 Å². The number of fused-ring (bicyclic) bond motifs is 9. The molecule has 0 N–H and O–H groups in total. The fourth-order valence-corrected chi connectivity index (χ4v) is 6.33. The van der Waals surface area contributed by atoms with Crippen LogP contribution < -0.4 is 0 Å². The molecule has 0 bridgehead atoms. The molecule has 0 saturated carbocycles. The third kappa shape index (κ3) is 2.82. The van der Waals surface area contributed by atoms with Gasteiger partial charge in [0.15, 0.2) is 5.58 Å². The van der Waals surface area contributed by atoms with Gasteiger partial charge in [-0.3, -0.25) is 0 Å². The molecule has 0 unspecified atom stereocenters. The number of benzene rings is 6. The summed E-state index contributed by atoms with van der Waals surface area (Å²) in [5.74, 6) is 0. The van der Waals surface area contributed by atoms with Crippen molar-refractivity contribution in [2.24, 2.45) is 0 Å². The van der Waals surface area contributed by atoms with Gasteiger partial charge in [-0.1, -0.05) is 84.9 Å². The molecule has 0 atom stereocenters. The van der Waals surface area contributed by atoms with Crippen LogP contribution in [0.1, 0.15) is 0 Å². The van der Waals surface area contributed by atoms with E-state index in [0.717, 1.165) is 60.7 Å². The number of hydrogen-bond donors (Lipinski definition) is 0. The molecular formula is C36H21NO2. The summed E-state index contributed by atoms with van der Waals surface area (Å²) in [6.07, 6.45) is 0. The van der Waals surface area contributed by atoms with Crippen molar-refractivity contribution in [3.8, 4) is 16.8 Å². The first-order valence-electron chi connectivity index (χ1n) is 13.2. The predicted octanol–water partition coefficient (Wildman–Crippen LogP) is 10.2. The van der Waals surface area contributed by atoms with Crippen molar-refractivity contribution >= 4 is 65.7 Å². The average Bonchev–Trinajstić information content (AvgIpc) is 3.66. The van der Waals surface area contributed by atoms with Gasteiger partial charge < -0.3 is 13.4 Å². The van der Waals surface area contributed by atoms with Crippen molar-refractivity contribution in [1.29, 1.82) is 0 Å². The Morgan fingerprint density at radius 2 is 1.08 bits per heavy atom. The Hall–Kier alpha value is -5.28. The number of para-hydroxylation sites is 4. The fraction of sp³-hybridized carbons (Fsp3) is 0. The van der Waals surface area contributed by atoms with Gasteiger partial charge in [-0.15, -0.1) is 0 Å². The van der Waals surface area contributed by atoms with Gasteiger partial charge in [-0.05, 0) is 53.6 Å². The van der Waals surface area contributed by atoms with Crippen LogP contribution in [0.4, 0.5) is 0 Å². The highest BCUT2D eigenvalue weighted by Gasteiger charge is 2.19. The molecule has 0 radical (unpaired) electrons. The van der Waals surface area contributed by atoms with E-state index in [1.807, 2.05) is 12.1 Å². The zero-order valence-corrected chi connectivity index (χ0v) is 20.9. The normalized spacial score (nSPS) is 12.1. The van der Waals surface area contributed by atoms with E-state index < -0.39 is 0 Å². The van der Waals surface area contributed by atoms with Crippen LogP contribution >= 0.6 is 0 Å². The molecule has 0 fully saturated rings. The Morgan fingerprint density at radius 1 is 0.436 bits per heavy atom. The second-order valence-electron chi connectivity index (χ2n) is 10.1. The zero-order valence-electron chi connectivity index (χ0n) is 20.9. The van der Waals surface area contributed by atoms with Gasteiger partial charge in [0.1, 0.15) is 16.7 Å². The van der Waals surface area contributed by atoms with Crippen molar-refractivity contribution in [1.82, 2.24) is 4.57 Å². The summed E-state index contributed by atoms with van der Waals surface area (Å²) in [4.78, 5) is 0. The Morgan fingerprint density at radius 3 is 1.90 bits per heavy atom. The number of aromatic nitrogens is 1. The molecule has 0 aliphatic heterocycles. The molecule has 3 nitrogen and oxygen atoms in total. The van der Waals surface area contributed by atoms with E-state index in [-0.39, 0.29) is 0 Å². The summed E-state index contributed by atoms with van der Waals surface area (Å²) in [7, 11) is 0. The van der Waals surface area contributed by atoms with E-state index >= 15 is 0 Å². The Kier molecular flexibility index (Phi) is 4.05. The third-order valence-electron chi connectivity index (χ3n) is 8.01. The SMILES string of the molecule is c1ccc2c(c1)oc1cc(-c3cccc4oc5c(-n6c7ccccc7c7ccccc76)cccc5c34)ccc12. The second-order valence-corrected chi connectivity index (χ2v) is 10.1. The highest BCUT2D eigenvalue weighted by Crippen LogP contribution is 2.42. The second kappa shape index (κ2) is 7.62. The molecule has 6 aromatic carbocycles. The lowest BCUT2D eigenvalue weighted by Gasteiger charge is -2.08. The molecular weight excluding hydrogens is 478 g/mol. The summed E-state index contributed by atoms with van der Waals surface area (Å²) in [5.41, 5.74) is 9.18. The van der Waals surface area contributed by atoms with Crippen LogP contribution in [0, 0.1) is 0 Å². The lowest BCUT2D eigenvalue weighted by Crippen LogP contribution is -1.94. The van der Waals surface area contributed by atoms with Crippen LogP contribution in [0.5, 0.6) is 0 Å². The first-order valence-corrected chi connectivity index (χ1v) is 13.2. The third-order valence-corrected chi connectivity index (χ3v) is 8.01. The molecule has 3 heterocycles. The average molecular weight is 500 g/mol. The van der Waals surface area contributed by atoms with Crippen LogP contribution in [0.25, 0.3) is 82.5 Å². The number of nitrogens with zero attached hydrogens (tertiary/aromatic N) is 1. The lowest BCUT2D eigenvalue weighted by atomic mass is 9.98. The molecule has 0 amide bonds. The van der Waals surface area contributed by atoms with Crippen LogP contribution in [0.2, 0.25) is 0 Å². The minimum Gasteiger partial charge on any atom is -0.456 e. The van der Waals surface area contributed by atoms with E-state index in [4.69, 9.17) is 8.83 Å².